The summed E-state index contributed by atoms with van der Waals surface area (Å²) in [6, 6.07) is 8.60. The number of carbonyl (C=O) groups excluding carboxylic acids is 1. The maximum absolute atomic E-state index is 15.0. The number of benzene rings is 2. The van der Waals surface area contributed by atoms with Crippen molar-refractivity contribution in [3.05, 3.63) is 53.6 Å². The molecule has 30 heavy (non-hydrogen) atoms. The number of hydrogen-bond acceptors (Lipinski definition) is 3. The molecule has 0 atom stereocenters. The summed E-state index contributed by atoms with van der Waals surface area (Å²) >= 11 is 0. The molecule has 3 aliphatic rings. The van der Waals surface area contributed by atoms with Gasteiger partial charge in [0, 0.05) is 29.1 Å². The van der Waals surface area contributed by atoms with Crippen LogP contribution in [-0.2, 0) is 7.05 Å². The summed E-state index contributed by atoms with van der Waals surface area (Å²) in [5.41, 5.74) is 0.608. The minimum atomic E-state index is -0.578. The number of aromatic nitrogens is 2. The van der Waals surface area contributed by atoms with Crippen LogP contribution in [0.2, 0.25) is 0 Å². The van der Waals surface area contributed by atoms with E-state index >= 15 is 0 Å². The van der Waals surface area contributed by atoms with Gasteiger partial charge < -0.3 is 10.4 Å². The second kappa shape index (κ2) is 6.60. The fourth-order valence-electron chi connectivity index (χ4n) is 4.95. The van der Waals surface area contributed by atoms with Gasteiger partial charge in [0.2, 0.25) is 0 Å². The number of halogens is 2. The van der Waals surface area contributed by atoms with Gasteiger partial charge in [0.1, 0.15) is 17.3 Å². The highest BCUT2D eigenvalue weighted by Gasteiger charge is 2.48. The quantitative estimate of drug-likeness (QED) is 0.682. The highest BCUT2D eigenvalue weighted by Crippen LogP contribution is 2.46. The van der Waals surface area contributed by atoms with Crippen LogP contribution in [0.15, 0.2) is 36.4 Å². The Labute approximate surface area is 172 Å². The van der Waals surface area contributed by atoms with E-state index in [9.17, 15) is 18.7 Å². The van der Waals surface area contributed by atoms with Gasteiger partial charge in [-0.1, -0.05) is 0 Å². The van der Waals surface area contributed by atoms with Crippen LogP contribution in [0, 0.1) is 11.6 Å². The lowest BCUT2D eigenvalue weighted by molar-refractivity contribution is -0.0702. The maximum atomic E-state index is 15.0. The van der Waals surface area contributed by atoms with Crippen molar-refractivity contribution in [1.82, 2.24) is 15.1 Å². The van der Waals surface area contributed by atoms with Crippen LogP contribution in [0.1, 0.15) is 48.9 Å². The predicted octanol–water partition coefficient (Wildman–Crippen LogP) is 4.09. The van der Waals surface area contributed by atoms with Crippen molar-refractivity contribution in [3.8, 4) is 11.3 Å². The lowest BCUT2D eigenvalue weighted by Crippen LogP contribution is -2.58. The van der Waals surface area contributed by atoms with Crippen molar-refractivity contribution in [2.75, 3.05) is 0 Å². The fraction of sp³-hybridized carbons (Fsp3) is 0.391. The third kappa shape index (κ3) is 3.08. The lowest BCUT2D eigenvalue weighted by atomic mass is 9.63. The second-order valence-electron chi connectivity index (χ2n) is 8.79. The van der Waals surface area contributed by atoms with Gasteiger partial charge in [-0.3, -0.25) is 9.48 Å². The average molecular weight is 411 g/mol. The van der Waals surface area contributed by atoms with Crippen molar-refractivity contribution in [1.29, 1.82) is 0 Å². The molecule has 2 aromatic carbocycles. The Morgan fingerprint density at radius 2 is 1.77 bits per heavy atom. The number of nitrogens with one attached hydrogen (secondary N) is 1. The molecule has 1 heterocycles. The molecule has 3 aromatic rings. The minimum Gasteiger partial charge on any atom is -0.390 e. The van der Waals surface area contributed by atoms with Gasteiger partial charge in [0.25, 0.3) is 5.91 Å². The third-order valence-electron chi connectivity index (χ3n) is 6.88. The van der Waals surface area contributed by atoms with E-state index in [0.29, 0.717) is 35.9 Å². The predicted molar refractivity (Wildman–Crippen MR) is 109 cm³/mol. The molecule has 6 rings (SSSR count). The van der Waals surface area contributed by atoms with Gasteiger partial charge >= 0.3 is 0 Å². The Hall–Kier alpha value is -2.80. The Morgan fingerprint density at radius 1 is 1.07 bits per heavy atom. The number of aliphatic hydroxyl groups is 1. The van der Waals surface area contributed by atoms with E-state index in [-0.39, 0.29) is 22.6 Å². The highest BCUT2D eigenvalue weighted by molar-refractivity contribution is 5.97. The number of carbonyl (C=O) groups is 1. The van der Waals surface area contributed by atoms with Gasteiger partial charge in [0.15, 0.2) is 0 Å². The number of nitrogens with zero attached hydrogens (tertiary/aromatic N) is 2. The molecule has 1 amide bonds. The Kier molecular flexibility index (Phi) is 4.22. The first-order valence-electron chi connectivity index (χ1n) is 10.2. The molecule has 0 radical (unpaired) electrons. The van der Waals surface area contributed by atoms with Crippen molar-refractivity contribution in [3.63, 3.8) is 0 Å². The van der Waals surface area contributed by atoms with E-state index in [0.717, 1.165) is 19.3 Å². The van der Waals surface area contributed by atoms with Crippen LogP contribution in [0.3, 0.4) is 0 Å². The van der Waals surface area contributed by atoms with Crippen LogP contribution in [-0.4, -0.2) is 31.9 Å². The Bertz CT molecular complexity index is 1150. The third-order valence-corrected chi connectivity index (χ3v) is 6.88. The first kappa shape index (κ1) is 19.2. The minimum absolute atomic E-state index is 0.223. The lowest BCUT2D eigenvalue weighted by Gasteiger charge is -2.51. The molecule has 3 aliphatic carbocycles. The number of rotatable bonds is 3. The van der Waals surface area contributed by atoms with E-state index in [1.165, 1.54) is 24.3 Å². The van der Waals surface area contributed by atoms with E-state index in [4.69, 9.17) is 0 Å². The number of aryl methyl sites for hydroxylation is 1. The van der Waals surface area contributed by atoms with Gasteiger partial charge in [-0.15, -0.1) is 0 Å². The van der Waals surface area contributed by atoms with Crippen molar-refractivity contribution >= 4 is 16.8 Å². The molecule has 3 saturated carbocycles. The van der Waals surface area contributed by atoms with E-state index in [1.54, 1.807) is 23.9 Å². The molecule has 3 fully saturated rings. The molecule has 0 aliphatic heterocycles. The average Bonchev–Trinajstić information content (AvgIpc) is 3.04. The largest absolute Gasteiger partial charge is 0.390 e. The molecule has 0 spiro atoms. The van der Waals surface area contributed by atoms with Crippen molar-refractivity contribution in [2.45, 2.75) is 49.7 Å². The van der Waals surface area contributed by atoms with Gasteiger partial charge in [-0.25, -0.2) is 8.78 Å². The van der Waals surface area contributed by atoms with E-state index in [2.05, 4.69) is 10.4 Å². The van der Waals surface area contributed by atoms with E-state index < -0.39 is 17.2 Å². The van der Waals surface area contributed by atoms with Crippen LogP contribution in [0.25, 0.3) is 22.2 Å². The molecular weight excluding hydrogens is 388 g/mol. The molecule has 1 aromatic heterocycles. The topological polar surface area (TPSA) is 67.2 Å². The Morgan fingerprint density at radius 3 is 2.43 bits per heavy atom. The first-order chi connectivity index (χ1) is 14.3. The smallest absolute Gasteiger partial charge is 0.251 e. The SMILES string of the molecule is Cn1nc(-c2ccc(C(=O)NC34CCC(O)(CC3)CC4)cc2F)c2cc(F)ccc21. The number of fused-ring (bicyclic) bond motifs is 4. The van der Waals surface area contributed by atoms with Crippen molar-refractivity contribution < 1.29 is 18.7 Å². The zero-order chi connectivity index (χ0) is 21.1. The monoisotopic (exact) mass is 411 g/mol. The Balaban J connectivity index is 1.43. The molecular formula is C23H23F2N3O2. The summed E-state index contributed by atoms with van der Waals surface area (Å²) in [6.07, 6.45) is 4.27. The molecule has 156 valence electrons. The molecule has 0 saturated heterocycles. The van der Waals surface area contributed by atoms with E-state index in [1.807, 2.05) is 0 Å². The molecule has 2 bridgehead atoms. The van der Waals surface area contributed by atoms with Crippen LogP contribution in [0.4, 0.5) is 8.78 Å². The summed E-state index contributed by atoms with van der Waals surface area (Å²) in [4.78, 5) is 12.8. The van der Waals surface area contributed by atoms with Crippen molar-refractivity contribution in [2.24, 2.45) is 7.05 Å². The zero-order valence-electron chi connectivity index (χ0n) is 16.7. The number of hydrogen-bond donors (Lipinski definition) is 2. The summed E-state index contributed by atoms with van der Waals surface area (Å²) in [7, 11) is 1.72. The molecule has 2 N–H and O–H groups in total. The van der Waals surface area contributed by atoms with Gasteiger partial charge in [-0.2, -0.15) is 5.10 Å². The summed E-state index contributed by atoms with van der Waals surface area (Å²) < 4.78 is 30.3. The standard InChI is InChI=1S/C23H23F2N3O2/c1-28-19-5-3-15(24)13-17(19)20(27-28)16-4-2-14(12-18(16)25)21(29)26-22-6-9-23(30,10-7-22)11-8-22/h2-5,12-13,30H,6-11H2,1H3,(H,26,29). The van der Waals surface area contributed by atoms with Gasteiger partial charge in [-0.05, 0) is 74.9 Å². The normalized spacial score (nSPS) is 25.6. The van der Waals surface area contributed by atoms with Gasteiger partial charge in [0.05, 0.1) is 11.1 Å². The second-order valence-corrected chi connectivity index (χ2v) is 8.79. The summed E-state index contributed by atoms with van der Waals surface area (Å²) in [6.45, 7) is 0. The summed E-state index contributed by atoms with van der Waals surface area (Å²) in [5.74, 6) is -1.31. The zero-order valence-corrected chi connectivity index (χ0v) is 16.7. The van der Waals surface area contributed by atoms with Crippen LogP contribution in [0.5, 0.6) is 0 Å². The summed E-state index contributed by atoms with van der Waals surface area (Å²) in [5, 5.41) is 18.3. The highest BCUT2D eigenvalue weighted by atomic mass is 19.1. The number of amides is 1. The van der Waals surface area contributed by atoms with Crippen LogP contribution >= 0.6 is 0 Å². The fourth-order valence-corrected chi connectivity index (χ4v) is 4.95. The van der Waals surface area contributed by atoms with Crippen LogP contribution < -0.4 is 5.32 Å². The molecule has 7 heteroatoms. The maximum Gasteiger partial charge on any atom is 0.251 e. The first-order valence-corrected chi connectivity index (χ1v) is 10.2. The molecule has 5 nitrogen and oxygen atoms in total. The molecule has 0 unspecified atom stereocenters.